The fraction of sp³-hybridized carbons (Fsp3) is 0.300. The zero-order valence-corrected chi connectivity index (χ0v) is 11.5. The summed E-state index contributed by atoms with van der Waals surface area (Å²) in [5, 5.41) is 5.57. The number of thiophene rings is 1. The van der Waals surface area contributed by atoms with Crippen LogP contribution in [-0.2, 0) is 30.2 Å². The number of rotatable bonds is 5. The first kappa shape index (κ1) is 13.2. The van der Waals surface area contributed by atoms with Gasteiger partial charge >= 0.3 is 0 Å². The lowest BCUT2D eigenvalue weighted by Gasteiger charge is -2.02. The smallest absolute Gasteiger partial charge is 0.241 e. The van der Waals surface area contributed by atoms with E-state index in [0.717, 1.165) is 10.4 Å². The number of hydrogen-bond donors (Lipinski definition) is 2. The highest BCUT2D eigenvalue weighted by Gasteiger charge is 2.15. The standard InChI is InChI=1S/C10H14N4O2S2/c1-14-6-8(4-12-14)5-13-18(15,16)10-2-9(3-11)17-7-10/h2,4,6-7,13H,3,5,11H2,1H3. The molecule has 18 heavy (non-hydrogen) atoms. The van der Waals surface area contributed by atoms with Crippen molar-refractivity contribution in [3.8, 4) is 0 Å². The average Bonchev–Trinajstić information content (AvgIpc) is 2.95. The summed E-state index contributed by atoms with van der Waals surface area (Å²) >= 11 is 1.34. The molecule has 2 heterocycles. The van der Waals surface area contributed by atoms with Crippen LogP contribution >= 0.6 is 11.3 Å². The second-order valence-electron chi connectivity index (χ2n) is 3.80. The molecule has 2 aromatic rings. The molecule has 0 bridgehead atoms. The number of aromatic nitrogens is 2. The van der Waals surface area contributed by atoms with Gasteiger partial charge in [-0.25, -0.2) is 13.1 Å². The quantitative estimate of drug-likeness (QED) is 0.833. The highest BCUT2D eigenvalue weighted by Crippen LogP contribution is 2.18. The molecule has 0 aliphatic rings. The van der Waals surface area contributed by atoms with E-state index in [2.05, 4.69) is 9.82 Å². The van der Waals surface area contributed by atoms with E-state index in [0.29, 0.717) is 6.54 Å². The maximum absolute atomic E-state index is 12.0. The van der Waals surface area contributed by atoms with E-state index >= 15 is 0 Å². The van der Waals surface area contributed by atoms with Crippen LogP contribution in [-0.4, -0.2) is 18.2 Å². The molecule has 0 spiro atoms. The van der Waals surface area contributed by atoms with Gasteiger partial charge in [0.25, 0.3) is 0 Å². The normalized spacial score (nSPS) is 11.9. The molecule has 0 atom stereocenters. The van der Waals surface area contributed by atoms with Gasteiger partial charge < -0.3 is 5.73 Å². The second kappa shape index (κ2) is 5.19. The van der Waals surface area contributed by atoms with Gasteiger partial charge in [0.2, 0.25) is 10.0 Å². The monoisotopic (exact) mass is 286 g/mol. The fourth-order valence-electron chi connectivity index (χ4n) is 1.43. The first-order chi connectivity index (χ1) is 8.51. The minimum Gasteiger partial charge on any atom is -0.326 e. The number of nitrogens with two attached hydrogens (primary N) is 1. The maximum Gasteiger partial charge on any atom is 0.241 e. The van der Waals surface area contributed by atoms with Crippen molar-refractivity contribution >= 4 is 21.4 Å². The summed E-state index contributed by atoms with van der Waals surface area (Å²) in [4.78, 5) is 1.11. The van der Waals surface area contributed by atoms with Crippen molar-refractivity contribution < 1.29 is 8.42 Å². The number of aryl methyl sites for hydroxylation is 1. The van der Waals surface area contributed by atoms with Gasteiger partial charge in [0, 0.05) is 42.2 Å². The summed E-state index contributed by atoms with van der Waals surface area (Å²) < 4.78 is 28.1. The van der Waals surface area contributed by atoms with Crippen LogP contribution in [0.2, 0.25) is 0 Å². The first-order valence-electron chi connectivity index (χ1n) is 5.26. The zero-order valence-electron chi connectivity index (χ0n) is 9.83. The summed E-state index contributed by atoms with van der Waals surface area (Å²) in [7, 11) is -1.69. The van der Waals surface area contributed by atoms with E-state index in [1.165, 1.54) is 11.3 Å². The molecule has 0 aliphatic heterocycles. The third-order valence-corrected chi connectivity index (χ3v) is 4.85. The lowest BCUT2D eigenvalue weighted by Crippen LogP contribution is -2.22. The van der Waals surface area contributed by atoms with Crippen LogP contribution < -0.4 is 10.5 Å². The summed E-state index contributed by atoms with van der Waals surface area (Å²) in [6, 6.07) is 1.59. The van der Waals surface area contributed by atoms with Crippen molar-refractivity contribution in [3.05, 3.63) is 34.3 Å². The highest BCUT2D eigenvalue weighted by molar-refractivity contribution is 7.89. The van der Waals surface area contributed by atoms with Crippen molar-refractivity contribution in [3.63, 3.8) is 0 Å². The van der Waals surface area contributed by atoms with Crippen molar-refractivity contribution in [2.45, 2.75) is 18.0 Å². The fourth-order valence-corrected chi connectivity index (χ4v) is 3.61. The SMILES string of the molecule is Cn1cc(CNS(=O)(=O)c2csc(CN)c2)cn1. The van der Waals surface area contributed by atoms with E-state index in [-0.39, 0.29) is 11.4 Å². The Morgan fingerprint density at radius 3 is 2.89 bits per heavy atom. The molecule has 0 unspecified atom stereocenters. The number of nitrogens with zero attached hydrogens (tertiary/aromatic N) is 2. The molecule has 0 aromatic carbocycles. The van der Waals surface area contributed by atoms with Gasteiger partial charge in [-0.3, -0.25) is 4.68 Å². The summed E-state index contributed by atoms with van der Waals surface area (Å²) in [5.74, 6) is 0. The predicted molar refractivity (Wildman–Crippen MR) is 69.4 cm³/mol. The van der Waals surface area contributed by atoms with Crippen LogP contribution in [0.4, 0.5) is 0 Å². The molecule has 0 fully saturated rings. The first-order valence-corrected chi connectivity index (χ1v) is 7.62. The second-order valence-corrected chi connectivity index (χ2v) is 6.56. The largest absolute Gasteiger partial charge is 0.326 e. The minimum atomic E-state index is -3.47. The Morgan fingerprint density at radius 2 is 2.33 bits per heavy atom. The van der Waals surface area contributed by atoms with Gasteiger partial charge in [0.1, 0.15) is 0 Å². The van der Waals surface area contributed by atoms with Crippen LogP contribution in [0.25, 0.3) is 0 Å². The molecule has 2 aromatic heterocycles. The minimum absolute atomic E-state index is 0.226. The van der Waals surface area contributed by atoms with Crippen molar-refractivity contribution in [1.29, 1.82) is 0 Å². The van der Waals surface area contributed by atoms with Gasteiger partial charge in [-0.05, 0) is 6.07 Å². The molecule has 0 aliphatic carbocycles. The number of hydrogen-bond acceptors (Lipinski definition) is 5. The maximum atomic E-state index is 12.0. The summed E-state index contributed by atoms with van der Waals surface area (Å²) in [6.45, 7) is 0.576. The van der Waals surface area contributed by atoms with Crippen LogP contribution in [0.15, 0.2) is 28.7 Å². The van der Waals surface area contributed by atoms with E-state index in [1.54, 1.807) is 35.6 Å². The van der Waals surface area contributed by atoms with Crippen LogP contribution in [0.3, 0.4) is 0 Å². The van der Waals surface area contributed by atoms with Gasteiger partial charge in [0.05, 0.1) is 11.1 Å². The Bertz CT molecular complexity index is 630. The highest BCUT2D eigenvalue weighted by atomic mass is 32.2. The molecule has 2 rings (SSSR count). The van der Waals surface area contributed by atoms with Crippen molar-refractivity contribution in [2.75, 3.05) is 0 Å². The van der Waals surface area contributed by atoms with Crippen molar-refractivity contribution in [2.24, 2.45) is 12.8 Å². The Balaban J connectivity index is 2.07. The Labute approximate surface area is 109 Å². The van der Waals surface area contributed by atoms with E-state index in [9.17, 15) is 8.42 Å². The molecule has 3 N–H and O–H groups in total. The predicted octanol–water partition coefficient (Wildman–Crippen LogP) is 0.419. The van der Waals surface area contributed by atoms with Crippen LogP contribution in [0, 0.1) is 0 Å². The molecule has 0 radical (unpaired) electrons. The molecule has 0 saturated heterocycles. The zero-order chi connectivity index (χ0) is 13.2. The summed E-state index contributed by atoms with van der Waals surface area (Å²) in [5.41, 5.74) is 6.27. The molecular weight excluding hydrogens is 272 g/mol. The van der Waals surface area contributed by atoms with E-state index in [4.69, 9.17) is 5.73 Å². The summed E-state index contributed by atoms with van der Waals surface area (Å²) in [6.07, 6.45) is 3.39. The topological polar surface area (TPSA) is 90.0 Å². The number of sulfonamides is 1. The van der Waals surface area contributed by atoms with E-state index < -0.39 is 10.0 Å². The molecular formula is C10H14N4O2S2. The lowest BCUT2D eigenvalue weighted by molar-refractivity contribution is 0.581. The van der Waals surface area contributed by atoms with E-state index in [1.807, 2.05) is 0 Å². The third kappa shape index (κ3) is 2.96. The Morgan fingerprint density at radius 1 is 1.56 bits per heavy atom. The molecule has 0 amide bonds. The van der Waals surface area contributed by atoms with Gasteiger partial charge in [-0.15, -0.1) is 11.3 Å². The Kier molecular flexibility index (Phi) is 3.81. The van der Waals surface area contributed by atoms with Gasteiger partial charge in [0.15, 0.2) is 0 Å². The molecule has 98 valence electrons. The Hall–Kier alpha value is -1.22. The molecule has 0 saturated carbocycles. The molecule has 8 heteroatoms. The van der Waals surface area contributed by atoms with Gasteiger partial charge in [-0.2, -0.15) is 5.10 Å². The molecule has 6 nitrogen and oxygen atoms in total. The lowest BCUT2D eigenvalue weighted by atomic mass is 10.4. The van der Waals surface area contributed by atoms with Crippen LogP contribution in [0.5, 0.6) is 0 Å². The third-order valence-electron chi connectivity index (χ3n) is 2.37. The van der Waals surface area contributed by atoms with Gasteiger partial charge in [-0.1, -0.05) is 0 Å². The average molecular weight is 286 g/mol. The van der Waals surface area contributed by atoms with Crippen molar-refractivity contribution in [1.82, 2.24) is 14.5 Å². The number of nitrogens with one attached hydrogen (secondary N) is 1. The van der Waals surface area contributed by atoms with Crippen LogP contribution in [0.1, 0.15) is 10.4 Å².